The number of hydrogen-bond donors (Lipinski definition) is 3. The van der Waals surface area contributed by atoms with E-state index in [9.17, 15) is 19.8 Å². The van der Waals surface area contributed by atoms with Crippen molar-refractivity contribution in [2.24, 2.45) is 5.92 Å². The van der Waals surface area contributed by atoms with Crippen molar-refractivity contribution in [2.75, 3.05) is 0 Å². The number of carboxylic acid groups (broad SMARTS) is 1. The van der Waals surface area contributed by atoms with Crippen molar-refractivity contribution in [2.45, 2.75) is 88.6 Å². The first kappa shape index (κ1) is 25.6. The molecule has 6 heteroatoms. The number of carbonyl (C=O) groups is 2. The summed E-state index contributed by atoms with van der Waals surface area (Å²) in [5, 5.41) is 29.2. The number of carboxylic acids is 1. The van der Waals surface area contributed by atoms with Gasteiger partial charge in [0.15, 0.2) is 0 Å². The summed E-state index contributed by atoms with van der Waals surface area (Å²) in [5.74, 6) is -0.357. The zero-order chi connectivity index (χ0) is 22.6. The maximum absolute atomic E-state index is 11.1. The van der Waals surface area contributed by atoms with Gasteiger partial charge in [-0.2, -0.15) is 0 Å². The number of aldehydes is 1. The first-order valence-corrected chi connectivity index (χ1v) is 12.3. The summed E-state index contributed by atoms with van der Waals surface area (Å²) in [6.07, 6.45) is 9.61. The van der Waals surface area contributed by atoms with E-state index >= 15 is 0 Å². The number of aliphatic hydroxyl groups is 2. The fourth-order valence-electron chi connectivity index (χ4n) is 4.02. The summed E-state index contributed by atoms with van der Waals surface area (Å²) < 4.78 is 0. The Morgan fingerprint density at radius 1 is 1.16 bits per heavy atom. The quantitative estimate of drug-likeness (QED) is 0.325. The van der Waals surface area contributed by atoms with Gasteiger partial charge in [-0.25, -0.2) is 0 Å². The smallest absolute Gasteiger partial charge is 0.317 e. The Labute approximate surface area is 189 Å². The molecule has 3 N–H and O–H groups in total. The number of carbonyl (C=O) groups excluding carboxylic acids is 1. The summed E-state index contributed by atoms with van der Waals surface area (Å²) >= 11 is 1.46. The van der Waals surface area contributed by atoms with Gasteiger partial charge in [0.1, 0.15) is 17.6 Å². The van der Waals surface area contributed by atoms with Crippen molar-refractivity contribution in [3.63, 3.8) is 0 Å². The van der Waals surface area contributed by atoms with Crippen molar-refractivity contribution in [3.05, 3.63) is 46.4 Å². The molecule has 0 saturated heterocycles. The third-order valence-electron chi connectivity index (χ3n) is 5.92. The lowest BCUT2D eigenvalue weighted by Crippen LogP contribution is -2.18. The molecule has 1 heterocycles. The van der Waals surface area contributed by atoms with E-state index in [1.807, 2.05) is 30.3 Å². The lowest BCUT2D eigenvalue weighted by atomic mass is 9.89. The fraction of sp³-hybridized carbons (Fsp3) is 0.600. The van der Waals surface area contributed by atoms with Crippen molar-refractivity contribution in [3.8, 4) is 0 Å². The number of allylic oxidation sites excluding steroid dienone is 2. The van der Waals surface area contributed by atoms with Crippen molar-refractivity contribution in [1.29, 1.82) is 0 Å². The first-order valence-electron chi connectivity index (χ1n) is 11.4. The Balaban J connectivity index is 1.85. The van der Waals surface area contributed by atoms with Gasteiger partial charge in [0, 0.05) is 6.42 Å². The van der Waals surface area contributed by atoms with Gasteiger partial charge >= 0.3 is 5.97 Å². The van der Waals surface area contributed by atoms with Gasteiger partial charge in [-0.15, -0.1) is 11.8 Å². The van der Waals surface area contributed by atoms with Gasteiger partial charge in [0.2, 0.25) is 0 Å². The van der Waals surface area contributed by atoms with E-state index < -0.39 is 18.2 Å². The van der Waals surface area contributed by atoms with Crippen LogP contribution in [0.2, 0.25) is 0 Å². The SMILES string of the molecule is CCCCC(O)C(O)c1ccc(C[C@H](CCC=O)CCCC2=CCC(C(=O)O)S2)cc1. The maximum Gasteiger partial charge on any atom is 0.317 e. The normalized spacial score (nSPS) is 18.9. The topological polar surface area (TPSA) is 94.8 Å². The molecule has 3 unspecified atom stereocenters. The van der Waals surface area contributed by atoms with Crippen molar-refractivity contribution in [1.82, 2.24) is 0 Å². The van der Waals surface area contributed by atoms with Crippen LogP contribution in [0.3, 0.4) is 0 Å². The van der Waals surface area contributed by atoms with E-state index in [-0.39, 0.29) is 5.25 Å². The van der Waals surface area contributed by atoms with Crippen LogP contribution in [0, 0.1) is 5.92 Å². The number of thioether (sulfide) groups is 1. The third-order valence-corrected chi connectivity index (χ3v) is 7.27. The highest BCUT2D eigenvalue weighted by Crippen LogP contribution is 2.36. The van der Waals surface area contributed by atoms with Crippen LogP contribution in [0.25, 0.3) is 0 Å². The van der Waals surface area contributed by atoms with E-state index in [2.05, 4.69) is 6.92 Å². The minimum atomic E-state index is -0.863. The van der Waals surface area contributed by atoms with Crippen LogP contribution in [0.1, 0.15) is 81.9 Å². The molecular formula is C25H36O5S. The molecule has 1 aromatic rings. The molecule has 31 heavy (non-hydrogen) atoms. The lowest BCUT2D eigenvalue weighted by molar-refractivity contribution is -0.136. The third kappa shape index (κ3) is 8.79. The molecule has 5 nitrogen and oxygen atoms in total. The van der Waals surface area contributed by atoms with Gasteiger partial charge in [-0.3, -0.25) is 4.79 Å². The summed E-state index contributed by atoms with van der Waals surface area (Å²) in [7, 11) is 0. The maximum atomic E-state index is 11.1. The Kier molecular flexibility index (Phi) is 11.3. The van der Waals surface area contributed by atoms with Gasteiger partial charge in [-0.05, 0) is 66.9 Å². The zero-order valence-electron chi connectivity index (χ0n) is 18.4. The average molecular weight is 449 g/mol. The second kappa shape index (κ2) is 13.7. The molecular weight excluding hydrogens is 412 g/mol. The van der Waals surface area contributed by atoms with E-state index in [0.29, 0.717) is 25.2 Å². The zero-order valence-corrected chi connectivity index (χ0v) is 19.2. The van der Waals surface area contributed by atoms with Crippen LogP contribution in [0.4, 0.5) is 0 Å². The molecule has 2 rings (SSSR count). The highest BCUT2D eigenvalue weighted by molar-refractivity contribution is 8.04. The van der Waals surface area contributed by atoms with Crippen LogP contribution >= 0.6 is 11.8 Å². The van der Waals surface area contributed by atoms with Crippen LogP contribution < -0.4 is 0 Å². The highest BCUT2D eigenvalue weighted by atomic mass is 32.2. The summed E-state index contributed by atoms with van der Waals surface area (Å²) in [4.78, 5) is 23.1. The number of unbranched alkanes of at least 4 members (excludes halogenated alkanes) is 1. The largest absolute Gasteiger partial charge is 0.480 e. The molecule has 0 amide bonds. The number of hydrogen-bond acceptors (Lipinski definition) is 5. The van der Waals surface area contributed by atoms with Gasteiger partial charge in [0.05, 0.1) is 6.10 Å². The van der Waals surface area contributed by atoms with Crippen LogP contribution in [-0.4, -0.2) is 38.9 Å². The molecule has 0 spiro atoms. The summed E-state index contributed by atoms with van der Waals surface area (Å²) in [6.45, 7) is 2.06. The van der Waals surface area contributed by atoms with Crippen LogP contribution in [-0.2, 0) is 16.0 Å². The number of rotatable bonds is 15. The highest BCUT2D eigenvalue weighted by Gasteiger charge is 2.24. The minimum Gasteiger partial charge on any atom is -0.480 e. The van der Waals surface area contributed by atoms with Crippen molar-refractivity contribution < 1.29 is 24.9 Å². The van der Waals surface area contributed by atoms with Gasteiger partial charge in [0.25, 0.3) is 0 Å². The second-order valence-electron chi connectivity index (χ2n) is 8.45. The monoisotopic (exact) mass is 448 g/mol. The number of aliphatic hydroxyl groups excluding tert-OH is 2. The molecule has 0 saturated carbocycles. The van der Waals surface area contributed by atoms with Gasteiger partial charge < -0.3 is 20.1 Å². The fourth-order valence-corrected chi connectivity index (χ4v) is 5.14. The van der Waals surface area contributed by atoms with Crippen LogP contribution in [0.5, 0.6) is 0 Å². The second-order valence-corrected chi connectivity index (χ2v) is 9.78. The number of benzene rings is 1. The minimum absolute atomic E-state index is 0.338. The summed E-state index contributed by atoms with van der Waals surface area (Å²) in [5.41, 5.74) is 1.89. The predicted octanol–water partition coefficient (Wildman–Crippen LogP) is 5.05. The molecule has 4 atom stereocenters. The van der Waals surface area contributed by atoms with Gasteiger partial charge in [-0.1, -0.05) is 50.1 Å². The molecule has 0 radical (unpaired) electrons. The predicted molar refractivity (Wildman–Crippen MR) is 125 cm³/mol. The molecule has 0 aromatic heterocycles. The molecule has 0 bridgehead atoms. The Bertz CT molecular complexity index is 715. The molecule has 0 fully saturated rings. The average Bonchev–Trinajstić information content (AvgIpc) is 3.25. The van der Waals surface area contributed by atoms with Crippen molar-refractivity contribution >= 4 is 24.0 Å². The molecule has 1 aromatic carbocycles. The Morgan fingerprint density at radius 2 is 1.90 bits per heavy atom. The van der Waals surface area contributed by atoms with E-state index in [1.165, 1.54) is 16.7 Å². The lowest BCUT2D eigenvalue weighted by Gasteiger charge is -2.19. The van der Waals surface area contributed by atoms with E-state index in [4.69, 9.17) is 5.11 Å². The molecule has 0 aliphatic carbocycles. The Hall–Kier alpha value is -1.63. The molecule has 172 valence electrons. The molecule has 1 aliphatic heterocycles. The standard InChI is InChI=1S/C25H36O5S/c1-2-3-9-22(27)24(28)20-12-10-19(11-13-20)17-18(7-5-16-26)6-4-8-21-14-15-23(31-21)25(29)30/h10-14,16,18,22-24,27-28H,2-9,15,17H2,1H3,(H,29,30)/t18-,22?,23?,24?/m0/s1. The first-order chi connectivity index (χ1) is 14.9. The van der Waals surface area contributed by atoms with E-state index in [0.717, 1.165) is 62.4 Å². The van der Waals surface area contributed by atoms with E-state index in [1.54, 1.807) is 0 Å². The Morgan fingerprint density at radius 3 is 2.52 bits per heavy atom. The number of aliphatic carboxylic acids is 1. The summed E-state index contributed by atoms with van der Waals surface area (Å²) in [6, 6.07) is 7.79. The van der Waals surface area contributed by atoms with Crippen LogP contribution in [0.15, 0.2) is 35.2 Å². The molecule has 1 aliphatic rings.